The highest BCUT2D eigenvalue weighted by Crippen LogP contribution is 2.20. The summed E-state index contributed by atoms with van der Waals surface area (Å²) in [6.07, 6.45) is 1.10. The van der Waals surface area contributed by atoms with Crippen LogP contribution in [0.4, 0.5) is 5.00 Å². The predicted octanol–water partition coefficient (Wildman–Crippen LogP) is 3.65. The van der Waals surface area contributed by atoms with Crippen LogP contribution in [0.15, 0.2) is 24.3 Å². The fourth-order valence-electron chi connectivity index (χ4n) is 1.90. The molecule has 1 N–H and O–H groups in total. The minimum Gasteiger partial charge on any atom is -0.374 e. The molecule has 0 saturated carbocycles. The molecule has 0 atom stereocenters. The second-order valence-electron chi connectivity index (χ2n) is 4.77. The van der Waals surface area contributed by atoms with Crippen LogP contribution in [0.25, 0.3) is 0 Å². The Morgan fingerprint density at radius 3 is 2.70 bits per heavy atom. The van der Waals surface area contributed by atoms with Gasteiger partial charge in [-0.05, 0) is 31.2 Å². The Bertz CT molecular complexity index is 526. The zero-order valence-corrected chi connectivity index (χ0v) is 13.3. The lowest BCUT2D eigenvalue weighted by molar-refractivity contribution is 0.315. The van der Waals surface area contributed by atoms with E-state index in [4.69, 9.17) is 11.6 Å². The molecule has 0 saturated heterocycles. The number of anilines is 1. The van der Waals surface area contributed by atoms with Crippen LogP contribution >= 0.6 is 23.1 Å². The predicted molar refractivity (Wildman–Crippen MR) is 85.3 cm³/mol. The van der Waals surface area contributed by atoms with Crippen molar-refractivity contribution in [3.63, 3.8) is 0 Å². The van der Waals surface area contributed by atoms with Gasteiger partial charge in [0.25, 0.3) is 0 Å². The lowest BCUT2D eigenvalue weighted by Crippen LogP contribution is -2.18. The highest BCUT2D eigenvalue weighted by molar-refractivity contribution is 7.10. The normalized spacial score (nSPS) is 11.0. The third-order valence-corrected chi connectivity index (χ3v) is 3.85. The summed E-state index contributed by atoms with van der Waals surface area (Å²) in [5.41, 5.74) is 2.25. The van der Waals surface area contributed by atoms with Crippen LogP contribution in [-0.2, 0) is 13.1 Å². The molecule has 1 aromatic carbocycles. The van der Waals surface area contributed by atoms with Crippen LogP contribution < -0.4 is 5.32 Å². The lowest BCUT2D eigenvalue weighted by Gasteiger charge is -2.16. The quantitative estimate of drug-likeness (QED) is 0.847. The number of nitrogens with zero attached hydrogens (tertiary/aromatic N) is 3. The summed E-state index contributed by atoms with van der Waals surface area (Å²) in [4.78, 5) is 2.22. The molecule has 0 aliphatic heterocycles. The highest BCUT2D eigenvalue weighted by Gasteiger charge is 2.10. The first kappa shape index (κ1) is 15.2. The summed E-state index contributed by atoms with van der Waals surface area (Å²) >= 11 is 7.32. The highest BCUT2D eigenvalue weighted by atomic mass is 35.5. The molecule has 0 amide bonds. The van der Waals surface area contributed by atoms with Gasteiger partial charge >= 0.3 is 0 Å². The first-order chi connectivity index (χ1) is 9.69. The van der Waals surface area contributed by atoms with Gasteiger partial charge in [-0.15, -0.1) is 5.10 Å². The SMILES string of the molecule is CCCNc1snnc1CN(C)Cc1ccc(Cl)cc1. The van der Waals surface area contributed by atoms with Crippen molar-refractivity contribution in [2.45, 2.75) is 26.4 Å². The standard InChI is InChI=1S/C14H19ClN4S/c1-3-8-16-14-13(17-18-20-14)10-19(2)9-11-4-6-12(15)7-5-11/h4-7,16H,3,8-10H2,1-2H3. The van der Waals surface area contributed by atoms with E-state index in [2.05, 4.69) is 33.8 Å². The maximum absolute atomic E-state index is 5.89. The van der Waals surface area contributed by atoms with Gasteiger partial charge in [0.2, 0.25) is 0 Å². The van der Waals surface area contributed by atoms with E-state index < -0.39 is 0 Å². The van der Waals surface area contributed by atoms with Crippen molar-refractivity contribution in [3.05, 3.63) is 40.5 Å². The monoisotopic (exact) mass is 310 g/mol. The Morgan fingerprint density at radius 2 is 2.00 bits per heavy atom. The van der Waals surface area contributed by atoms with Gasteiger partial charge in [-0.25, -0.2) is 0 Å². The van der Waals surface area contributed by atoms with Crippen LogP contribution in [0.3, 0.4) is 0 Å². The zero-order valence-electron chi connectivity index (χ0n) is 11.8. The molecule has 0 fully saturated rings. The molecule has 1 aromatic heterocycles. The van der Waals surface area contributed by atoms with Crippen molar-refractivity contribution in [1.82, 2.24) is 14.5 Å². The van der Waals surface area contributed by atoms with Gasteiger partial charge in [-0.3, -0.25) is 4.90 Å². The third-order valence-electron chi connectivity index (χ3n) is 2.88. The summed E-state index contributed by atoms with van der Waals surface area (Å²) in [6.45, 7) is 4.75. The topological polar surface area (TPSA) is 41.1 Å². The summed E-state index contributed by atoms with van der Waals surface area (Å²) in [6, 6.07) is 7.94. The Kier molecular flexibility index (Phi) is 5.76. The third kappa shape index (κ3) is 4.44. The molecule has 0 radical (unpaired) electrons. The van der Waals surface area contributed by atoms with E-state index in [1.165, 1.54) is 17.1 Å². The maximum atomic E-state index is 5.89. The van der Waals surface area contributed by atoms with Crippen molar-refractivity contribution in [1.29, 1.82) is 0 Å². The molecule has 0 aliphatic carbocycles. The molecule has 4 nitrogen and oxygen atoms in total. The Hall–Kier alpha value is -1.17. The molecule has 6 heteroatoms. The van der Waals surface area contributed by atoms with E-state index in [0.717, 1.165) is 41.8 Å². The van der Waals surface area contributed by atoms with Crippen molar-refractivity contribution in [2.75, 3.05) is 18.9 Å². The van der Waals surface area contributed by atoms with Crippen LogP contribution in [0, 0.1) is 0 Å². The number of benzene rings is 1. The minimum atomic E-state index is 0.770. The fraction of sp³-hybridized carbons (Fsp3) is 0.429. The molecular formula is C14H19ClN4S. The molecule has 0 bridgehead atoms. The van der Waals surface area contributed by atoms with E-state index in [1.807, 2.05) is 24.3 Å². The molecule has 2 aromatic rings. The van der Waals surface area contributed by atoms with E-state index in [0.29, 0.717) is 0 Å². The Morgan fingerprint density at radius 1 is 1.25 bits per heavy atom. The smallest absolute Gasteiger partial charge is 0.134 e. The van der Waals surface area contributed by atoms with E-state index in [-0.39, 0.29) is 0 Å². The van der Waals surface area contributed by atoms with Gasteiger partial charge in [-0.2, -0.15) is 0 Å². The molecule has 0 aliphatic rings. The summed E-state index contributed by atoms with van der Waals surface area (Å²) in [5.74, 6) is 0. The summed E-state index contributed by atoms with van der Waals surface area (Å²) in [5, 5.41) is 9.43. The summed E-state index contributed by atoms with van der Waals surface area (Å²) in [7, 11) is 2.08. The number of aromatic nitrogens is 2. The first-order valence-electron chi connectivity index (χ1n) is 6.67. The second-order valence-corrected chi connectivity index (χ2v) is 5.96. The second kappa shape index (κ2) is 7.57. The van der Waals surface area contributed by atoms with Gasteiger partial charge in [0, 0.05) is 36.2 Å². The van der Waals surface area contributed by atoms with Crippen molar-refractivity contribution >= 4 is 28.1 Å². The van der Waals surface area contributed by atoms with Crippen molar-refractivity contribution < 1.29 is 0 Å². The average molecular weight is 311 g/mol. The number of hydrogen-bond acceptors (Lipinski definition) is 5. The van der Waals surface area contributed by atoms with Gasteiger partial charge in [0.15, 0.2) is 0 Å². The van der Waals surface area contributed by atoms with Crippen LogP contribution in [0.5, 0.6) is 0 Å². The van der Waals surface area contributed by atoms with Crippen LogP contribution in [0.1, 0.15) is 24.6 Å². The van der Waals surface area contributed by atoms with E-state index in [9.17, 15) is 0 Å². The van der Waals surface area contributed by atoms with Gasteiger partial charge in [0.1, 0.15) is 10.7 Å². The number of hydrogen-bond donors (Lipinski definition) is 1. The maximum Gasteiger partial charge on any atom is 0.134 e. The molecular weight excluding hydrogens is 292 g/mol. The average Bonchev–Trinajstić information content (AvgIpc) is 2.86. The fourth-order valence-corrected chi connectivity index (χ4v) is 2.62. The largest absolute Gasteiger partial charge is 0.374 e. The van der Waals surface area contributed by atoms with Crippen LogP contribution in [0.2, 0.25) is 5.02 Å². The summed E-state index contributed by atoms with van der Waals surface area (Å²) < 4.78 is 4.03. The van der Waals surface area contributed by atoms with Crippen LogP contribution in [-0.4, -0.2) is 28.1 Å². The van der Waals surface area contributed by atoms with Crippen molar-refractivity contribution in [2.24, 2.45) is 0 Å². The zero-order chi connectivity index (χ0) is 14.4. The van der Waals surface area contributed by atoms with E-state index >= 15 is 0 Å². The molecule has 1 heterocycles. The van der Waals surface area contributed by atoms with E-state index in [1.54, 1.807) is 0 Å². The Labute approximate surface area is 128 Å². The van der Waals surface area contributed by atoms with Crippen molar-refractivity contribution in [3.8, 4) is 0 Å². The van der Waals surface area contributed by atoms with Gasteiger partial charge in [0.05, 0.1) is 0 Å². The molecule has 108 valence electrons. The molecule has 0 unspecified atom stereocenters. The Balaban J connectivity index is 1.92. The number of halogens is 1. The number of rotatable bonds is 7. The lowest BCUT2D eigenvalue weighted by atomic mass is 10.2. The molecule has 0 spiro atoms. The number of nitrogens with one attached hydrogen (secondary N) is 1. The molecule has 2 rings (SSSR count). The van der Waals surface area contributed by atoms with Gasteiger partial charge < -0.3 is 5.32 Å². The van der Waals surface area contributed by atoms with Gasteiger partial charge in [-0.1, -0.05) is 35.1 Å². The first-order valence-corrected chi connectivity index (χ1v) is 7.82. The molecule has 20 heavy (non-hydrogen) atoms. The minimum absolute atomic E-state index is 0.770.